The zero-order chi connectivity index (χ0) is 11.5. The molecular weight excluding hydrogens is 220 g/mol. The van der Waals surface area contributed by atoms with Gasteiger partial charge in [-0.05, 0) is 36.3 Å². The predicted octanol–water partition coefficient (Wildman–Crippen LogP) is 2.79. The highest BCUT2D eigenvalue weighted by Gasteiger charge is 2.25. The summed E-state index contributed by atoms with van der Waals surface area (Å²) in [5, 5.41) is 4.84. The average molecular weight is 238 g/mol. The number of nitrogens with one attached hydrogen (secondary N) is 1. The van der Waals surface area contributed by atoms with Gasteiger partial charge in [-0.2, -0.15) is 0 Å². The van der Waals surface area contributed by atoms with E-state index in [1.807, 2.05) is 23.3 Å². The molecule has 0 aliphatic heterocycles. The van der Waals surface area contributed by atoms with Gasteiger partial charge >= 0.3 is 6.03 Å². The Hall–Kier alpha value is -1.03. The third kappa shape index (κ3) is 2.07. The van der Waals surface area contributed by atoms with Crippen LogP contribution in [-0.2, 0) is 6.42 Å². The van der Waals surface area contributed by atoms with E-state index >= 15 is 0 Å². The first kappa shape index (κ1) is 11.5. The minimum absolute atomic E-state index is 0.00375. The summed E-state index contributed by atoms with van der Waals surface area (Å²) in [5.41, 5.74) is 1.36. The van der Waals surface area contributed by atoms with Gasteiger partial charge in [0.25, 0.3) is 0 Å². The topological polar surface area (TPSA) is 32.3 Å². The van der Waals surface area contributed by atoms with Crippen LogP contribution in [0.4, 0.5) is 4.79 Å². The van der Waals surface area contributed by atoms with E-state index in [9.17, 15) is 4.79 Å². The molecule has 2 amide bonds. The first-order valence-corrected chi connectivity index (χ1v) is 6.63. The van der Waals surface area contributed by atoms with Crippen molar-refractivity contribution in [2.24, 2.45) is 0 Å². The minimum atomic E-state index is 0.00375. The molecule has 0 saturated heterocycles. The van der Waals surface area contributed by atoms with E-state index < -0.39 is 0 Å². The molecule has 0 bridgehead atoms. The van der Waals surface area contributed by atoms with Crippen LogP contribution in [0.5, 0.6) is 0 Å². The third-order valence-electron chi connectivity index (χ3n) is 3.27. The number of nitrogens with zero attached hydrogens (tertiary/aromatic N) is 1. The molecular formula is C12H18N2OS. The maximum absolute atomic E-state index is 11.7. The molecule has 1 unspecified atom stereocenters. The molecule has 1 aliphatic rings. The maximum Gasteiger partial charge on any atom is 0.317 e. The molecule has 1 atom stereocenters. The number of amides is 2. The average Bonchev–Trinajstić information content (AvgIpc) is 2.67. The standard InChI is InChI=1S/C12H18N2OS/c1-13-12(15)14(2)10-5-3-4-6-11-9(10)7-8-16-11/h7-8,10H,3-6H2,1-2H3,(H,13,15). The molecule has 16 heavy (non-hydrogen) atoms. The maximum atomic E-state index is 11.7. The zero-order valence-electron chi connectivity index (χ0n) is 9.82. The summed E-state index contributed by atoms with van der Waals surface area (Å²) >= 11 is 1.82. The van der Waals surface area contributed by atoms with E-state index in [0.29, 0.717) is 0 Å². The molecule has 2 rings (SSSR count). The fraction of sp³-hybridized carbons (Fsp3) is 0.583. The minimum Gasteiger partial charge on any atom is -0.341 e. The Morgan fingerprint density at radius 1 is 1.56 bits per heavy atom. The second-order valence-electron chi connectivity index (χ2n) is 4.23. The first-order chi connectivity index (χ1) is 7.74. The smallest absolute Gasteiger partial charge is 0.317 e. The molecule has 4 heteroatoms. The Bertz CT molecular complexity index is 375. The van der Waals surface area contributed by atoms with Gasteiger partial charge in [0, 0.05) is 19.0 Å². The number of carbonyl (C=O) groups excluding carboxylic acids is 1. The first-order valence-electron chi connectivity index (χ1n) is 5.75. The van der Waals surface area contributed by atoms with E-state index in [4.69, 9.17) is 0 Å². The van der Waals surface area contributed by atoms with Crippen molar-refractivity contribution < 1.29 is 4.79 Å². The Morgan fingerprint density at radius 2 is 2.38 bits per heavy atom. The van der Waals surface area contributed by atoms with Crippen LogP contribution in [0.25, 0.3) is 0 Å². The largest absolute Gasteiger partial charge is 0.341 e. The van der Waals surface area contributed by atoms with Crippen molar-refractivity contribution in [3.63, 3.8) is 0 Å². The monoisotopic (exact) mass is 238 g/mol. The van der Waals surface area contributed by atoms with Gasteiger partial charge in [0.05, 0.1) is 6.04 Å². The fourth-order valence-electron chi connectivity index (χ4n) is 2.35. The molecule has 0 saturated carbocycles. The molecule has 0 fully saturated rings. The van der Waals surface area contributed by atoms with Gasteiger partial charge in [0.1, 0.15) is 0 Å². The van der Waals surface area contributed by atoms with E-state index in [0.717, 1.165) is 6.42 Å². The van der Waals surface area contributed by atoms with Crippen LogP contribution in [0.3, 0.4) is 0 Å². The lowest BCUT2D eigenvalue weighted by molar-refractivity contribution is 0.189. The molecule has 0 radical (unpaired) electrons. The molecule has 1 N–H and O–H groups in total. The summed E-state index contributed by atoms with van der Waals surface area (Å²) in [5.74, 6) is 0. The number of fused-ring (bicyclic) bond motifs is 1. The number of aryl methyl sites for hydroxylation is 1. The van der Waals surface area contributed by atoms with Crippen molar-refractivity contribution in [1.82, 2.24) is 10.2 Å². The third-order valence-corrected chi connectivity index (χ3v) is 4.27. The molecule has 1 heterocycles. The van der Waals surface area contributed by atoms with E-state index in [1.54, 1.807) is 7.05 Å². The van der Waals surface area contributed by atoms with Gasteiger partial charge in [0.15, 0.2) is 0 Å². The van der Waals surface area contributed by atoms with Crippen LogP contribution in [0, 0.1) is 0 Å². The number of hydrogen-bond acceptors (Lipinski definition) is 2. The normalized spacial score (nSPS) is 19.8. The van der Waals surface area contributed by atoms with Crippen molar-refractivity contribution in [2.75, 3.05) is 14.1 Å². The number of rotatable bonds is 1. The van der Waals surface area contributed by atoms with Gasteiger partial charge in [-0.1, -0.05) is 6.42 Å². The zero-order valence-corrected chi connectivity index (χ0v) is 10.6. The highest BCUT2D eigenvalue weighted by Crippen LogP contribution is 2.35. The summed E-state index contributed by atoms with van der Waals surface area (Å²) in [7, 11) is 3.57. The fourth-order valence-corrected chi connectivity index (χ4v) is 3.33. The second-order valence-corrected chi connectivity index (χ2v) is 5.23. The van der Waals surface area contributed by atoms with Crippen LogP contribution < -0.4 is 5.32 Å². The van der Waals surface area contributed by atoms with Crippen molar-refractivity contribution in [3.8, 4) is 0 Å². The van der Waals surface area contributed by atoms with Gasteiger partial charge in [-0.25, -0.2) is 4.79 Å². The molecule has 1 aromatic heterocycles. The van der Waals surface area contributed by atoms with Crippen molar-refractivity contribution in [2.45, 2.75) is 31.7 Å². The summed E-state index contributed by atoms with van der Waals surface area (Å²) in [4.78, 5) is 15.0. The van der Waals surface area contributed by atoms with Crippen LogP contribution in [0.2, 0.25) is 0 Å². The Kier molecular flexibility index (Phi) is 3.49. The van der Waals surface area contributed by atoms with Crippen molar-refractivity contribution in [3.05, 3.63) is 21.9 Å². The number of hydrogen-bond donors (Lipinski definition) is 1. The van der Waals surface area contributed by atoms with Crippen molar-refractivity contribution >= 4 is 17.4 Å². The van der Waals surface area contributed by atoms with Gasteiger partial charge < -0.3 is 10.2 Å². The lowest BCUT2D eigenvalue weighted by atomic mass is 10.0. The van der Waals surface area contributed by atoms with Gasteiger partial charge in [-0.3, -0.25) is 0 Å². The lowest BCUT2D eigenvalue weighted by Gasteiger charge is -2.27. The van der Waals surface area contributed by atoms with Crippen LogP contribution >= 0.6 is 11.3 Å². The molecule has 88 valence electrons. The Morgan fingerprint density at radius 3 is 3.12 bits per heavy atom. The van der Waals surface area contributed by atoms with Gasteiger partial charge in [-0.15, -0.1) is 11.3 Å². The SMILES string of the molecule is CNC(=O)N(C)C1CCCCc2sccc21. The Labute approximate surface area is 100 Å². The summed E-state index contributed by atoms with van der Waals surface area (Å²) in [6.07, 6.45) is 4.69. The van der Waals surface area contributed by atoms with Crippen LogP contribution in [0.1, 0.15) is 35.7 Å². The summed E-state index contributed by atoms with van der Waals surface area (Å²) < 4.78 is 0. The van der Waals surface area contributed by atoms with Crippen LogP contribution in [0.15, 0.2) is 11.4 Å². The van der Waals surface area contributed by atoms with E-state index in [2.05, 4.69) is 16.8 Å². The molecule has 1 aliphatic carbocycles. The Balaban J connectivity index is 2.25. The summed E-state index contributed by atoms with van der Waals surface area (Å²) in [6, 6.07) is 2.43. The number of thiophene rings is 1. The van der Waals surface area contributed by atoms with E-state index in [-0.39, 0.29) is 12.1 Å². The highest BCUT2D eigenvalue weighted by atomic mass is 32.1. The molecule has 3 nitrogen and oxygen atoms in total. The van der Waals surface area contributed by atoms with Gasteiger partial charge in [0.2, 0.25) is 0 Å². The number of carbonyl (C=O) groups is 1. The predicted molar refractivity (Wildman–Crippen MR) is 66.8 cm³/mol. The van der Waals surface area contributed by atoms with E-state index in [1.165, 1.54) is 29.7 Å². The molecule has 1 aromatic rings. The quantitative estimate of drug-likeness (QED) is 0.750. The molecule has 0 spiro atoms. The van der Waals surface area contributed by atoms with Crippen molar-refractivity contribution in [1.29, 1.82) is 0 Å². The lowest BCUT2D eigenvalue weighted by Crippen LogP contribution is -2.37. The number of urea groups is 1. The second kappa shape index (κ2) is 4.87. The summed E-state index contributed by atoms with van der Waals surface area (Å²) in [6.45, 7) is 0. The van der Waals surface area contributed by atoms with Crippen LogP contribution in [-0.4, -0.2) is 25.0 Å². The molecule has 0 aromatic carbocycles. The highest BCUT2D eigenvalue weighted by molar-refractivity contribution is 7.10.